The Morgan fingerprint density at radius 1 is 0.960 bits per heavy atom. The summed E-state index contributed by atoms with van der Waals surface area (Å²) in [6.07, 6.45) is 1.90. The molecule has 3 aromatic carbocycles. The summed E-state index contributed by atoms with van der Waals surface area (Å²) in [5, 5.41) is 2.74. The molecule has 0 aliphatic heterocycles. The summed E-state index contributed by atoms with van der Waals surface area (Å²) in [6.45, 7) is 6.63. The minimum absolute atomic E-state index is 0.0863. The Kier molecular flexibility index (Phi) is 4.05. The number of hydrogen-bond acceptors (Lipinski definition) is 3. The van der Waals surface area contributed by atoms with Crippen molar-refractivity contribution in [2.75, 3.05) is 0 Å². The summed E-state index contributed by atoms with van der Waals surface area (Å²) >= 11 is 3.34. The molecule has 0 spiro atoms. The molecule has 0 radical (unpaired) electrons. The van der Waals surface area contributed by atoms with Gasteiger partial charge in [-0.3, -0.25) is 0 Å². The van der Waals surface area contributed by atoms with Crippen molar-refractivity contribution in [3.05, 3.63) is 60.5 Å². The van der Waals surface area contributed by atoms with E-state index in [0.29, 0.717) is 5.39 Å². The molecule has 126 valence electrons. The second-order valence-electron chi connectivity index (χ2n) is 7.04. The Hall–Kier alpha value is -1.91. The molecule has 0 fully saturated rings. The highest BCUT2D eigenvalue weighted by molar-refractivity contribution is 8.00. The van der Waals surface area contributed by atoms with Crippen LogP contribution in [0.5, 0.6) is 0 Å². The molecule has 0 unspecified atom stereocenters. The molecule has 0 aliphatic rings. The van der Waals surface area contributed by atoms with Crippen molar-refractivity contribution in [2.24, 2.45) is 0 Å². The molecule has 4 heteroatoms. The molecule has 1 heterocycles. The Morgan fingerprint density at radius 3 is 2.48 bits per heavy atom. The Labute approximate surface area is 155 Å². The summed E-state index contributed by atoms with van der Waals surface area (Å²) in [5.41, 5.74) is 2.23. The fourth-order valence-electron chi connectivity index (χ4n) is 3.07. The molecular weight excluding hydrogens is 349 g/mol. The van der Waals surface area contributed by atoms with E-state index >= 15 is 0 Å². The molecule has 4 aromatic rings. The first-order valence-corrected chi connectivity index (χ1v) is 9.77. The van der Waals surface area contributed by atoms with E-state index in [4.69, 9.17) is 0 Å². The van der Waals surface area contributed by atoms with Gasteiger partial charge < -0.3 is 0 Å². The molecule has 0 saturated heterocycles. The number of benzene rings is 3. The molecule has 1 nitrogen and oxygen atoms in total. The van der Waals surface area contributed by atoms with Crippen LogP contribution >= 0.6 is 23.3 Å². The smallest absolute Gasteiger partial charge is 0.131 e. The maximum Gasteiger partial charge on any atom is 0.131 e. The van der Waals surface area contributed by atoms with Crippen LogP contribution in [0.4, 0.5) is 4.39 Å². The van der Waals surface area contributed by atoms with E-state index in [1.54, 1.807) is 6.07 Å². The average Bonchev–Trinajstić information content (AvgIpc) is 3.03. The Morgan fingerprint density at radius 2 is 1.72 bits per heavy atom. The third-order valence-corrected chi connectivity index (χ3v) is 6.05. The van der Waals surface area contributed by atoms with Crippen LogP contribution in [0.3, 0.4) is 0 Å². The SMILES string of the molecule is CC(C)(C)Sc1ccc2cnsc2c1-c1ccc(F)c2ccccc12. The van der Waals surface area contributed by atoms with Gasteiger partial charge in [0.1, 0.15) is 5.82 Å². The van der Waals surface area contributed by atoms with E-state index < -0.39 is 0 Å². The predicted octanol–water partition coefficient (Wildman–Crippen LogP) is 7.15. The zero-order valence-electron chi connectivity index (χ0n) is 14.3. The van der Waals surface area contributed by atoms with Crippen molar-refractivity contribution in [1.29, 1.82) is 0 Å². The normalized spacial score (nSPS) is 12.2. The van der Waals surface area contributed by atoms with Gasteiger partial charge in [-0.2, -0.15) is 4.37 Å². The van der Waals surface area contributed by atoms with E-state index in [1.165, 1.54) is 16.4 Å². The lowest BCUT2D eigenvalue weighted by Crippen LogP contribution is -2.07. The predicted molar refractivity (Wildman–Crippen MR) is 108 cm³/mol. The van der Waals surface area contributed by atoms with Gasteiger partial charge in [-0.1, -0.05) is 57.2 Å². The fourth-order valence-corrected chi connectivity index (χ4v) is 5.05. The summed E-state index contributed by atoms with van der Waals surface area (Å²) < 4.78 is 19.9. The Bertz CT molecular complexity index is 1080. The van der Waals surface area contributed by atoms with E-state index in [2.05, 4.69) is 37.3 Å². The number of aromatic nitrogens is 1. The topological polar surface area (TPSA) is 12.9 Å². The van der Waals surface area contributed by atoms with Gasteiger partial charge in [0.15, 0.2) is 0 Å². The minimum atomic E-state index is -0.180. The van der Waals surface area contributed by atoms with Gasteiger partial charge in [0.2, 0.25) is 0 Å². The van der Waals surface area contributed by atoms with Gasteiger partial charge in [-0.05, 0) is 34.6 Å². The summed E-state index contributed by atoms with van der Waals surface area (Å²) in [5.74, 6) is -0.180. The molecule has 25 heavy (non-hydrogen) atoms. The Balaban J connectivity index is 2.08. The van der Waals surface area contributed by atoms with Gasteiger partial charge in [0.05, 0.1) is 4.70 Å². The van der Waals surface area contributed by atoms with Crippen LogP contribution in [0, 0.1) is 5.82 Å². The lowest BCUT2D eigenvalue weighted by atomic mass is 9.97. The van der Waals surface area contributed by atoms with Gasteiger partial charge in [0.25, 0.3) is 0 Å². The van der Waals surface area contributed by atoms with Gasteiger partial charge in [-0.25, -0.2) is 4.39 Å². The van der Waals surface area contributed by atoms with E-state index in [0.717, 1.165) is 26.6 Å². The number of hydrogen-bond donors (Lipinski definition) is 0. The number of thioether (sulfide) groups is 1. The second-order valence-corrected chi connectivity index (χ2v) is 9.71. The largest absolute Gasteiger partial charge is 0.206 e. The standard InChI is InChI=1S/C21H18FNS2/c1-21(2,3)24-18-11-8-13-12-23-25-20(13)19(18)16-9-10-17(22)15-7-5-4-6-14(15)16/h4-12H,1-3H3. The van der Waals surface area contributed by atoms with Crippen molar-refractivity contribution in [1.82, 2.24) is 4.37 Å². The highest BCUT2D eigenvalue weighted by Gasteiger charge is 2.20. The van der Waals surface area contributed by atoms with Crippen LogP contribution < -0.4 is 0 Å². The molecule has 0 aliphatic carbocycles. The second kappa shape index (κ2) is 6.11. The van der Waals surface area contributed by atoms with Gasteiger partial charge in [0, 0.05) is 32.2 Å². The highest BCUT2D eigenvalue weighted by atomic mass is 32.2. The van der Waals surface area contributed by atoms with Crippen LogP contribution in [0.15, 0.2) is 59.6 Å². The van der Waals surface area contributed by atoms with Crippen LogP contribution in [0.25, 0.3) is 32.0 Å². The summed E-state index contributed by atoms with van der Waals surface area (Å²) in [6, 6.07) is 15.5. The first-order valence-electron chi connectivity index (χ1n) is 8.18. The van der Waals surface area contributed by atoms with Crippen molar-refractivity contribution < 1.29 is 4.39 Å². The highest BCUT2D eigenvalue weighted by Crippen LogP contribution is 2.45. The molecule has 0 bridgehead atoms. The zero-order valence-corrected chi connectivity index (χ0v) is 16.0. The van der Waals surface area contributed by atoms with Gasteiger partial charge >= 0.3 is 0 Å². The van der Waals surface area contributed by atoms with Crippen LogP contribution in [0.2, 0.25) is 0 Å². The fraction of sp³-hybridized carbons (Fsp3) is 0.190. The number of nitrogens with zero attached hydrogens (tertiary/aromatic N) is 1. The van der Waals surface area contributed by atoms with Crippen molar-refractivity contribution in [3.8, 4) is 11.1 Å². The number of rotatable bonds is 2. The zero-order chi connectivity index (χ0) is 17.6. The molecule has 0 amide bonds. The maximum absolute atomic E-state index is 14.3. The van der Waals surface area contributed by atoms with Crippen molar-refractivity contribution in [2.45, 2.75) is 30.4 Å². The van der Waals surface area contributed by atoms with E-state index in [9.17, 15) is 4.39 Å². The lowest BCUT2D eigenvalue weighted by Gasteiger charge is -2.21. The lowest BCUT2D eigenvalue weighted by molar-refractivity contribution is 0.640. The van der Waals surface area contributed by atoms with Crippen LogP contribution in [0.1, 0.15) is 20.8 Å². The third-order valence-electron chi connectivity index (χ3n) is 4.04. The molecule has 0 atom stereocenters. The molecular formula is C21H18FNS2. The van der Waals surface area contributed by atoms with Gasteiger partial charge in [-0.15, -0.1) is 11.8 Å². The van der Waals surface area contributed by atoms with Crippen molar-refractivity contribution >= 4 is 44.2 Å². The molecule has 4 rings (SSSR count). The molecule has 1 aromatic heterocycles. The number of halogens is 1. The average molecular weight is 368 g/mol. The first kappa shape index (κ1) is 16.6. The monoisotopic (exact) mass is 367 g/mol. The van der Waals surface area contributed by atoms with E-state index in [-0.39, 0.29) is 10.6 Å². The van der Waals surface area contributed by atoms with E-state index in [1.807, 2.05) is 48.3 Å². The quantitative estimate of drug-likeness (QED) is 0.349. The summed E-state index contributed by atoms with van der Waals surface area (Å²) in [7, 11) is 0. The molecule has 0 N–H and O–H groups in total. The number of fused-ring (bicyclic) bond motifs is 2. The minimum Gasteiger partial charge on any atom is -0.206 e. The third kappa shape index (κ3) is 3.05. The van der Waals surface area contributed by atoms with Crippen LogP contribution in [-0.4, -0.2) is 9.12 Å². The van der Waals surface area contributed by atoms with Crippen LogP contribution in [-0.2, 0) is 0 Å². The first-order chi connectivity index (χ1) is 11.9. The maximum atomic E-state index is 14.3. The molecule has 0 saturated carbocycles. The van der Waals surface area contributed by atoms with Crippen molar-refractivity contribution in [3.63, 3.8) is 0 Å². The summed E-state index contributed by atoms with van der Waals surface area (Å²) in [4.78, 5) is 1.21.